The standard InChI is InChI=1S/C18H21ClFN7O3/c1-27(6-9-4-10(20)5-21-15(9)19)18(29)14-13-16(22-8-23-17(13)26-25-14)24-11-7-30-3-2-12(11)28/h4-5,8,11-12,15,21,28H,2-3,6-7H2,1H3,(H2,22,23,24,25,26)/t11-,12-,15?/m1/s1. The number of likely N-dealkylation sites (N-methyl/N-ethyl adjacent to an activating group) is 1. The largest absolute Gasteiger partial charge is 0.391 e. The fraction of sp³-hybridized carbons (Fsp3) is 0.444. The van der Waals surface area contributed by atoms with Gasteiger partial charge in [0.1, 0.15) is 29.2 Å². The molecule has 1 amide bonds. The number of fused-ring (bicyclic) bond motifs is 1. The van der Waals surface area contributed by atoms with Crippen LogP contribution in [0.25, 0.3) is 11.0 Å². The Balaban J connectivity index is 1.59. The fourth-order valence-electron chi connectivity index (χ4n) is 3.37. The van der Waals surface area contributed by atoms with Crippen molar-refractivity contribution in [3.63, 3.8) is 0 Å². The Bertz CT molecular complexity index is 1010. The number of H-pyrrole nitrogens is 1. The number of allylic oxidation sites excluding steroid dienone is 2. The third-order valence-electron chi connectivity index (χ3n) is 4.99. The van der Waals surface area contributed by atoms with E-state index in [1.807, 2.05) is 0 Å². The van der Waals surface area contributed by atoms with Crippen molar-refractivity contribution in [1.29, 1.82) is 0 Å². The van der Waals surface area contributed by atoms with E-state index in [1.54, 1.807) is 7.05 Å². The Morgan fingerprint density at radius 1 is 1.50 bits per heavy atom. The maximum absolute atomic E-state index is 13.5. The molecule has 4 N–H and O–H groups in total. The lowest BCUT2D eigenvalue weighted by molar-refractivity contribution is 0.00308. The first kappa shape index (κ1) is 20.5. The van der Waals surface area contributed by atoms with E-state index < -0.39 is 23.3 Å². The number of anilines is 1. The van der Waals surface area contributed by atoms with E-state index in [9.17, 15) is 14.3 Å². The van der Waals surface area contributed by atoms with Crippen LogP contribution in [0.4, 0.5) is 10.2 Å². The Morgan fingerprint density at radius 2 is 2.33 bits per heavy atom. The Morgan fingerprint density at radius 3 is 3.13 bits per heavy atom. The number of rotatable bonds is 5. The van der Waals surface area contributed by atoms with E-state index in [0.717, 1.165) is 0 Å². The molecule has 2 aliphatic rings. The van der Waals surface area contributed by atoms with E-state index in [1.165, 1.54) is 23.5 Å². The third-order valence-corrected chi connectivity index (χ3v) is 5.40. The van der Waals surface area contributed by atoms with Crippen molar-refractivity contribution >= 4 is 34.4 Å². The number of halogens is 2. The van der Waals surface area contributed by atoms with Gasteiger partial charge in [-0.1, -0.05) is 11.6 Å². The van der Waals surface area contributed by atoms with Crippen LogP contribution in [0.5, 0.6) is 0 Å². The number of dihydropyridines is 1. The predicted molar refractivity (Wildman–Crippen MR) is 108 cm³/mol. The monoisotopic (exact) mass is 437 g/mol. The second-order valence-corrected chi connectivity index (χ2v) is 7.58. The lowest BCUT2D eigenvalue weighted by atomic mass is 10.1. The van der Waals surface area contributed by atoms with Crippen LogP contribution < -0.4 is 10.6 Å². The van der Waals surface area contributed by atoms with E-state index in [0.29, 0.717) is 42.1 Å². The highest BCUT2D eigenvalue weighted by Crippen LogP contribution is 2.25. The van der Waals surface area contributed by atoms with E-state index in [4.69, 9.17) is 16.3 Å². The van der Waals surface area contributed by atoms with Gasteiger partial charge in [0, 0.05) is 26.4 Å². The molecule has 1 unspecified atom stereocenters. The number of amides is 1. The molecule has 0 radical (unpaired) electrons. The summed E-state index contributed by atoms with van der Waals surface area (Å²) in [6.45, 7) is 0.902. The molecule has 1 fully saturated rings. The normalized spacial score (nSPS) is 24.1. The van der Waals surface area contributed by atoms with Crippen LogP contribution in [0.3, 0.4) is 0 Å². The van der Waals surface area contributed by atoms with E-state index >= 15 is 0 Å². The minimum atomic E-state index is -0.619. The maximum Gasteiger partial charge on any atom is 0.272 e. The zero-order valence-corrected chi connectivity index (χ0v) is 16.9. The molecule has 2 aromatic heterocycles. The van der Waals surface area contributed by atoms with Crippen LogP contribution in [-0.4, -0.2) is 80.5 Å². The number of aromatic nitrogens is 4. The van der Waals surface area contributed by atoms with Crippen LogP contribution >= 0.6 is 11.6 Å². The molecule has 0 spiro atoms. The summed E-state index contributed by atoms with van der Waals surface area (Å²) in [7, 11) is 1.57. The molecule has 2 aliphatic heterocycles. The minimum Gasteiger partial charge on any atom is -0.391 e. The first-order valence-corrected chi connectivity index (χ1v) is 9.81. The van der Waals surface area contributed by atoms with Gasteiger partial charge in [-0.05, 0) is 18.1 Å². The highest BCUT2D eigenvalue weighted by Gasteiger charge is 2.28. The topological polar surface area (TPSA) is 128 Å². The Kier molecular flexibility index (Phi) is 5.84. The number of hydrogen-bond donors (Lipinski definition) is 4. The minimum absolute atomic E-state index is 0.105. The van der Waals surface area contributed by atoms with Crippen molar-refractivity contribution in [2.45, 2.75) is 24.1 Å². The van der Waals surface area contributed by atoms with Crippen molar-refractivity contribution in [2.24, 2.45) is 0 Å². The molecule has 12 heteroatoms. The Hall–Kier alpha value is -2.76. The first-order valence-electron chi connectivity index (χ1n) is 9.37. The van der Waals surface area contributed by atoms with Gasteiger partial charge in [0.05, 0.1) is 24.1 Å². The molecule has 3 atom stereocenters. The summed E-state index contributed by atoms with van der Waals surface area (Å²) in [5.41, 5.74) is 0.367. The summed E-state index contributed by atoms with van der Waals surface area (Å²) in [6, 6.07) is -0.377. The summed E-state index contributed by atoms with van der Waals surface area (Å²) < 4.78 is 18.9. The molecule has 1 saturated heterocycles. The molecule has 160 valence electrons. The highest BCUT2D eigenvalue weighted by molar-refractivity contribution is 6.22. The average Bonchev–Trinajstić information content (AvgIpc) is 3.17. The quantitative estimate of drug-likeness (QED) is 0.401. The molecule has 0 saturated carbocycles. The smallest absolute Gasteiger partial charge is 0.272 e. The van der Waals surface area contributed by atoms with Crippen molar-refractivity contribution in [2.75, 3.05) is 32.1 Å². The van der Waals surface area contributed by atoms with Gasteiger partial charge in [0.2, 0.25) is 0 Å². The molecule has 30 heavy (non-hydrogen) atoms. The van der Waals surface area contributed by atoms with Gasteiger partial charge in [-0.25, -0.2) is 14.4 Å². The lowest BCUT2D eigenvalue weighted by Gasteiger charge is -2.29. The van der Waals surface area contributed by atoms with Gasteiger partial charge >= 0.3 is 0 Å². The number of hydrogen-bond acceptors (Lipinski definition) is 8. The summed E-state index contributed by atoms with van der Waals surface area (Å²) in [6.07, 6.45) is 3.69. The number of ether oxygens (including phenoxy) is 1. The van der Waals surface area contributed by atoms with Gasteiger partial charge in [-0.2, -0.15) is 5.10 Å². The molecular weight excluding hydrogens is 417 g/mol. The number of alkyl halides is 1. The second kappa shape index (κ2) is 8.54. The van der Waals surface area contributed by atoms with Crippen molar-refractivity contribution in [3.8, 4) is 0 Å². The molecule has 2 aromatic rings. The van der Waals surface area contributed by atoms with Gasteiger partial charge in [-0.15, -0.1) is 0 Å². The van der Waals surface area contributed by atoms with Crippen LogP contribution in [0.2, 0.25) is 0 Å². The molecule has 0 aromatic carbocycles. The first-order chi connectivity index (χ1) is 14.4. The zero-order chi connectivity index (χ0) is 21.3. The van der Waals surface area contributed by atoms with Gasteiger partial charge in [0.25, 0.3) is 5.91 Å². The number of carbonyl (C=O) groups excluding carboxylic acids is 1. The summed E-state index contributed by atoms with van der Waals surface area (Å²) in [5, 5.41) is 23.2. The van der Waals surface area contributed by atoms with Crippen molar-refractivity contribution < 1.29 is 19.0 Å². The van der Waals surface area contributed by atoms with E-state index in [2.05, 4.69) is 30.8 Å². The van der Waals surface area contributed by atoms with Crippen LogP contribution in [-0.2, 0) is 4.74 Å². The summed E-state index contributed by atoms with van der Waals surface area (Å²) in [4.78, 5) is 22.8. The van der Waals surface area contributed by atoms with Crippen molar-refractivity contribution in [3.05, 3.63) is 35.7 Å². The molecule has 10 nitrogen and oxygen atoms in total. The van der Waals surface area contributed by atoms with Gasteiger partial charge in [0.15, 0.2) is 5.65 Å². The van der Waals surface area contributed by atoms with Crippen LogP contribution in [0.1, 0.15) is 16.9 Å². The second-order valence-electron chi connectivity index (χ2n) is 7.14. The Labute approximate surface area is 176 Å². The number of aliphatic hydroxyl groups excluding tert-OH is 1. The average molecular weight is 438 g/mol. The number of carbonyl (C=O) groups is 1. The molecule has 4 heterocycles. The van der Waals surface area contributed by atoms with Crippen molar-refractivity contribution in [1.82, 2.24) is 30.4 Å². The van der Waals surface area contributed by atoms with Crippen LogP contribution in [0.15, 0.2) is 30.0 Å². The molecule has 0 bridgehead atoms. The predicted octanol–water partition coefficient (Wildman–Crippen LogP) is 0.892. The van der Waals surface area contributed by atoms with Gasteiger partial charge < -0.3 is 25.4 Å². The molecular formula is C18H21ClFN7O3. The number of nitrogens with one attached hydrogen (secondary N) is 3. The maximum atomic E-state index is 13.5. The molecule has 0 aliphatic carbocycles. The molecule has 4 rings (SSSR count). The summed E-state index contributed by atoms with van der Waals surface area (Å²) in [5.74, 6) is -0.499. The number of aromatic amines is 1. The summed E-state index contributed by atoms with van der Waals surface area (Å²) >= 11 is 6.15. The lowest BCUT2D eigenvalue weighted by Crippen LogP contribution is -2.42. The third kappa shape index (κ3) is 4.09. The highest BCUT2D eigenvalue weighted by atomic mass is 35.5. The fourth-order valence-corrected chi connectivity index (χ4v) is 3.57. The zero-order valence-electron chi connectivity index (χ0n) is 16.1. The van der Waals surface area contributed by atoms with Crippen LogP contribution in [0, 0.1) is 0 Å². The van der Waals surface area contributed by atoms with Gasteiger partial charge in [-0.3, -0.25) is 9.89 Å². The number of nitrogens with zero attached hydrogens (tertiary/aromatic N) is 4. The number of aliphatic hydroxyl groups is 1. The van der Waals surface area contributed by atoms with E-state index in [-0.39, 0.29) is 18.3 Å². The SMILES string of the molecule is CN(CC1=CC(F)=CNC1Cl)C(=O)c1[nH]nc2ncnc(N[C@@H]3COCC[C@H]3O)c12.